The molecule has 0 aromatic heterocycles. The smallest absolute Gasteiger partial charge is 0.111 e. The summed E-state index contributed by atoms with van der Waals surface area (Å²) in [6.07, 6.45) is 1.17. The normalized spacial score (nSPS) is 22.2. The van der Waals surface area contributed by atoms with Gasteiger partial charge in [-0.2, -0.15) is 0 Å². The van der Waals surface area contributed by atoms with Crippen LogP contribution in [0.2, 0.25) is 0 Å². The van der Waals surface area contributed by atoms with E-state index in [-0.39, 0.29) is 0 Å². The van der Waals surface area contributed by atoms with Gasteiger partial charge in [-0.1, -0.05) is 5.57 Å². The molecule has 0 saturated heterocycles. The van der Waals surface area contributed by atoms with E-state index in [0.717, 1.165) is 4.48 Å². The van der Waals surface area contributed by atoms with Gasteiger partial charge >= 0.3 is 0 Å². The average molecular weight is 180 g/mol. The molecule has 0 unspecified atom stereocenters. The van der Waals surface area contributed by atoms with Gasteiger partial charge < -0.3 is 0 Å². The van der Waals surface area contributed by atoms with Crippen LogP contribution in [0.4, 0.5) is 0 Å². The molecule has 0 aromatic rings. The SMILES string of the molecule is CC(C)=C1CC(C)=C(C)C[N+]1(C)C. The first-order valence-electron chi connectivity index (χ1n) is 4.99. The number of allylic oxidation sites excluding steroid dienone is 2. The fourth-order valence-corrected chi connectivity index (χ4v) is 2.22. The zero-order valence-electron chi connectivity index (χ0n) is 9.86. The van der Waals surface area contributed by atoms with Gasteiger partial charge in [0.05, 0.1) is 14.1 Å². The van der Waals surface area contributed by atoms with E-state index in [9.17, 15) is 0 Å². The lowest BCUT2D eigenvalue weighted by Gasteiger charge is -2.37. The van der Waals surface area contributed by atoms with Gasteiger partial charge in [-0.05, 0) is 38.8 Å². The first-order chi connectivity index (χ1) is 5.84. The van der Waals surface area contributed by atoms with E-state index >= 15 is 0 Å². The van der Waals surface area contributed by atoms with Crippen LogP contribution in [0.1, 0.15) is 34.1 Å². The summed E-state index contributed by atoms with van der Waals surface area (Å²) in [4.78, 5) is 0. The van der Waals surface area contributed by atoms with Gasteiger partial charge in [0.15, 0.2) is 0 Å². The van der Waals surface area contributed by atoms with E-state index in [2.05, 4.69) is 41.8 Å². The summed E-state index contributed by atoms with van der Waals surface area (Å²) >= 11 is 0. The van der Waals surface area contributed by atoms with Crippen molar-refractivity contribution < 1.29 is 4.48 Å². The Labute approximate surface area is 82.3 Å². The van der Waals surface area contributed by atoms with Gasteiger partial charge in [-0.25, -0.2) is 0 Å². The molecule has 0 saturated carbocycles. The largest absolute Gasteiger partial charge is 0.296 e. The number of likely N-dealkylation sites (N-methyl/N-ethyl adjacent to an activating group) is 1. The average Bonchev–Trinajstić information content (AvgIpc) is 1.95. The molecule has 13 heavy (non-hydrogen) atoms. The minimum Gasteiger partial charge on any atom is -0.296 e. The zero-order valence-corrected chi connectivity index (χ0v) is 9.86. The molecule has 1 heteroatoms. The molecule has 0 N–H and O–H groups in total. The van der Waals surface area contributed by atoms with Crippen molar-refractivity contribution in [2.24, 2.45) is 0 Å². The van der Waals surface area contributed by atoms with E-state index in [1.165, 1.54) is 18.5 Å². The molecule has 0 fully saturated rings. The van der Waals surface area contributed by atoms with Gasteiger partial charge in [0.1, 0.15) is 12.2 Å². The Bertz CT molecular complexity index is 275. The van der Waals surface area contributed by atoms with Gasteiger partial charge in [-0.3, -0.25) is 4.48 Å². The van der Waals surface area contributed by atoms with Crippen molar-refractivity contribution in [3.05, 3.63) is 22.4 Å². The van der Waals surface area contributed by atoms with Crippen LogP contribution in [0, 0.1) is 0 Å². The van der Waals surface area contributed by atoms with Crippen LogP contribution in [0.25, 0.3) is 0 Å². The van der Waals surface area contributed by atoms with Crippen molar-refractivity contribution in [1.29, 1.82) is 0 Å². The molecule has 0 spiro atoms. The number of rotatable bonds is 0. The summed E-state index contributed by atoms with van der Waals surface area (Å²) in [5.41, 5.74) is 6.20. The minimum absolute atomic E-state index is 1.05. The fourth-order valence-electron chi connectivity index (χ4n) is 2.22. The maximum Gasteiger partial charge on any atom is 0.111 e. The predicted molar refractivity (Wildman–Crippen MR) is 58.3 cm³/mol. The number of hydrogen-bond acceptors (Lipinski definition) is 0. The topological polar surface area (TPSA) is 0 Å². The summed E-state index contributed by atoms with van der Waals surface area (Å²) in [6.45, 7) is 10.1. The molecule has 0 atom stereocenters. The Kier molecular flexibility index (Phi) is 2.67. The minimum atomic E-state index is 1.05. The number of hydrogen-bond donors (Lipinski definition) is 0. The molecule has 74 valence electrons. The first-order valence-corrected chi connectivity index (χ1v) is 4.99. The molecule has 0 aromatic carbocycles. The highest BCUT2D eigenvalue weighted by atomic mass is 15.3. The molecule has 0 bridgehead atoms. The van der Waals surface area contributed by atoms with E-state index in [4.69, 9.17) is 0 Å². The predicted octanol–water partition coefficient (Wildman–Crippen LogP) is 3.10. The zero-order chi connectivity index (χ0) is 10.2. The molecule has 1 heterocycles. The van der Waals surface area contributed by atoms with Crippen LogP contribution in [0.5, 0.6) is 0 Å². The van der Waals surface area contributed by atoms with Crippen molar-refractivity contribution in [3.63, 3.8) is 0 Å². The van der Waals surface area contributed by atoms with Gasteiger partial charge in [0.25, 0.3) is 0 Å². The standard InChI is InChI=1S/C12H22N/c1-9(2)12-7-10(3)11(4)8-13(12,5)6/h7-8H2,1-6H3/q+1. The fraction of sp³-hybridized carbons (Fsp3) is 0.667. The van der Waals surface area contributed by atoms with Gasteiger partial charge in [-0.15, -0.1) is 0 Å². The molecule has 1 rings (SSSR count). The summed E-state index contributed by atoms with van der Waals surface area (Å²) in [5, 5.41) is 0. The van der Waals surface area contributed by atoms with Crippen molar-refractivity contribution in [3.8, 4) is 0 Å². The van der Waals surface area contributed by atoms with Crippen LogP contribution in [-0.4, -0.2) is 25.1 Å². The lowest BCUT2D eigenvalue weighted by molar-refractivity contribution is -0.850. The highest BCUT2D eigenvalue weighted by Gasteiger charge is 2.28. The van der Waals surface area contributed by atoms with Crippen LogP contribution >= 0.6 is 0 Å². The Morgan fingerprint density at radius 2 is 1.62 bits per heavy atom. The highest BCUT2D eigenvalue weighted by molar-refractivity contribution is 5.22. The molecular formula is C12H22N+. The molecule has 0 radical (unpaired) electrons. The third-order valence-corrected chi connectivity index (χ3v) is 3.10. The molecule has 0 amide bonds. The van der Waals surface area contributed by atoms with E-state index in [1.807, 2.05) is 0 Å². The summed E-state index contributed by atoms with van der Waals surface area (Å²) < 4.78 is 1.05. The molecule has 1 aliphatic rings. The van der Waals surface area contributed by atoms with Crippen molar-refractivity contribution in [1.82, 2.24) is 0 Å². The first kappa shape index (κ1) is 10.5. The Morgan fingerprint density at radius 3 is 2.08 bits per heavy atom. The van der Waals surface area contributed by atoms with Crippen LogP contribution in [-0.2, 0) is 0 Å². The monoisotopic (exact) mass is 180 g/mol. The third-order valence-electron chi connectivity index (χ3n) is 3.10. The Hall–Kier alpha value is -0.560. The summed E-state index contributed by atoms with van der Waals surface area (Å²) in [5.74, 6) is 0. The number of quaternary nitrogens is 1. The van der Waals surface area contributed by atoms with Crippen molar-refractivity contribution in [2.45, 2.75) is 34.1 Å². The Morgan fingerprint density at radius 1 is 1.08 bits per heavy atom. The lowest BCUT2D eigenvalue weighted by Crippen LogP contribution is -2.43. The Balaban J connectivity index is 3.11. The van der Waals surface area contributed by atoms with Crippen molar-refractivity contribution >= 4 is 0 Å². The molecule has 1 aliphatic heterocycles. The van der Waals surface area contributed by atoms with E-state index in [1.54, 1.807) is 16.8 Å². The van der Waals surface area contributed by atoms with E-state index < -0.39 is 0 Å². The maximum atomic E-state index is 2.30. The molecule has 0 aliphatic carbocycles. The maximum absolute atomic E-state index is 2.30. The highest BCUT2D eigenvalue weighted by Crippen LogP contribution is 2.31. The van der Waals surface area contributed by atoms with Crippen molar-refractivity contribution in [2.75, 3.05) is 20.6 Å². The summed E-state index contributed by atoms with van der Waals surface area (Å²) in [6, 6.07) is 0. The second kappa shape index (κ2) is 3.30. The summed E-state index contributed by atoms with van der Waals surface area (Å²) in [7, 11) is 4.61. The van der Waals surface area contributed by atoms with E-state index in [0.29, 0.717) is 0 Å². The van der Waals surface area contributed by atoms with Crippen LogP contribution in [0.15, 0.2) is 22.4 Å². The van der Waals surface area contributed by atoms with Gasteiger partial charge in [0.2, 0.25) is 0 Å². The molecular weight excluding hydrogens is 158 g/mol. The van der Waals surface area contributed by atoms with Gasteiger partial charge in [0, 0.05) is 6.42 Å². The van der Waals surface area contributed by atoms with Crippen LogP contribution in [0.3, 0.4) is 0 Å². The van der Waals surface area contributed by atoms with Crippen LogP contribution < -0.4 is 0 Å². The number of nitrogens with zero attached hydrogens (tertiary/aromatic N) is 1. The second-order valence-corrected chi connectivity index (χ2v) is 5.03. The lowest BCUT2D eigenvalue weighted by atomic mass is 9.96. The quantitative estimate of drug-likeness (QED) is 0.397. The molecule has 1 nitrogen and oxygen atoms in total. The second-order valence-electron chi connectivity index (χ2n) is 5.03. The third kappa shape index (κ3) is 2.02.